The molecule has 2 aliphatic heterocycles. The number of para-hydroxylation sites is 1. The smallest absolute Gasteiger partial charge is 0.333 e. The van der Waals surface area contributed by atoms with Gasteiger partial charge in [0.25, 0.3) is 0 Å². The van der Waals surface area contributed by atoms with Gasteiger partial charge in [0.2, 0.25) is 0 Å². The van der Waals surface area contributed by atoms with E-state index >= 15 is 0 Å². The van der Waals surface area contributed by atoms with Gasteiger partial charge in [0.05, 0.1) is 16.1 Å². The third kappa shape index (κ3) is 5.92. The van der Waals surface area contributed by atoms with Crippen molar-refractivity contribution in [1.82, 2.24) is 0 Å². The quantitative estimate of drug-likeness (QED) is 0.161. The third-order valence-corrected chi connectivity index (χ3v) is 20.8. The van der Waals surface area contributed by atoms with Gasteiger partial charge in [-0.25, -0.2) is 0 Å². The molecule has 0 N–H and O–H groups in total. The Morgan fingerprint density at radius 1 is 0.486 bits per heavy atom. The summed E-state index contributed by atoms with van der Waals surface area (Å²) < 4.78 is 10.1. The maximum absolute atomic E-state index is 7.43. The van der Waals surface area contributed by atoms with Crippen molar-refractivity contribution in [3.05, 3.63) is 148 Å². The molecule has 72 heavy (non-hydrogen) atoms. The van der Waals surface area contributed by atoms with Gasteiger partial charge in [0, 0.05) is 48.9 Å². The van der Waals surface area contributed by atoms with E-state index in [-0.39, 0.29) is 39.3 Å². The number of benzene rings is 7. The first-order chi connectivity index (χ1) is 34.1. The van der Waals surface area contributed by atoms with E-state index < -0.39 is 0 Å². The Labute approximate surface area is 431 Å². The Balaban J connectivity index is 1.19. The van der Waals surface area contributed by atoms with Crippen molar-refractivity contribution in [2.24, 2.45) is 0 Å². The van der Waals surface area contributed by atoms with Gasteiger partial charge < -0.3 is 14.1 Å². The Kier molecular flexibility index (Phi) is 8.91. The van der Waals surface area contributed by atoms with E-state index in [4.69, 9.17) is 4.42 Å². The summed E-state index contributed by atoms with van der Waals surface area (Å²) in [6.07, 6.45) is 7.01. The molecule has 0 amide bonds. The fraction of sp³-hybridized carbons (Fsp3) is 0.373. The van der Waals surface area contributed by atoms with Crippen molar-refractivity contribution in [1.29, 1.82) is 0 Å². The highest BCUT2D eigenvalue weighted by molar-refractivity contribution is 7.26. The van der Waals surface area contributed by atoms with Gasteiger partial charge in [0.1, 0.15) is 5.58 Å². The van der Waals surface area contributed by atoms with Gasteiger partial charge >= 0.3 is 6.85 Å². The normalized spacial score (nSPS) is 20.3. The summed E-state index contributed by atoms with van der Waals surface area (Å²) in [5.41, 5.74) is 24.2. The molecule has 9 aromatic rings. The summed E-state index contributed by atoms with van der Waals surface area (Å²) >= 11 is 1.96. The Morgan fingerprint density at radius 2 is 1.08 bits per heavy atom. The Morgan fingerprint density at radius 3 is 1.81 bits per heavy atom. The van der Waals surface area contributed by atoms with Crippen LogP contribution in [0.2, 0.25) is 0 Å². The Hall–Kier alpha value is -5.78. The molecule has 4 heterocycles. The van der Waals surface area contributed by atoms with Crippen LogP contribution in [-0.4, -0.2) is 6.85 Å². The first-order valence-corrected chi connectivity index (χ1v) is 27.9. The van der Waals surface area contributed by atoms with Crippen LogP contribution in [-0.2, 0) is 32.5 Å². The molecule has 0 unspecified atom stereocenters. The molecule has 14 rings (SSSR count). The molecule has 0 saturated heterocycles. The maximum Gasteiger partial charge on any atom is 0.333 e. The van der Waals surface area contributed by atoms with Gasteiger partial charge in [-0.05, 0) is 182 Å². The predicted octanol–water partition coefficient (Wildman–Crippen LogP) is 18.0. The standard InChI is InChI=1S/C67H69BN2OS/c1-38-52(27-25-47-56(38)67(12,13)33-32-63(47,4)5)69-58-51(26-23-42-41-19-15-17-21-55(41)72-61(42)58)68-57-44(35-45-40-18-14-16-20-54(40)71-60(45)59(57)69)43-36-49-50(66(10,11)31-30-65(49,8)9)37-53(43)70(68)39-22-24-46-48(34-39)64(6,7)29-28-62(46,2)3/h14-27,34-37H,28-33H2,1-13H3. The Bertz CT molecular complexity index is 3870. The number of rotatable bonds is 2. The minimum Gasteiger partial charge on any atom is -0.454 e. The van der Waals surface area contributed by atoms with E-state index in [1.807, 2.05) is 11.3 Å². The number of hydrogen-bond donors (Lipinski definition) is 0. The molecule has 3 aliphatic carbocycles. The molecule has 0 fully saturated rings. The molecule has 5 heteroatoms. The molecule has 3 nitrogen and oxygen atoms in total. The number of furan rings is 1. The van der Waals surface area contributed by atoms with E-state index in [2.05, 4.69) is 209 Å². The summed E-state index contributed by atoms with van der Waals surface area (Å²) in [7, 11) is 0. The van der Waals surface area contributed by atoms with Crippen molar-refractivity contribution in [2.75, 3.05) is 9.71 Å². The molecule has 0 bridgehead atoms. The van der Waals surface area contributed by atoms with E-state index in [0.29, 0.717) is 0 Å². The van der Waals surface area contributed by atoms with Crippen molar-refractivity contribution >= 4 is 99.7 Å². The first-order valence-electron chi connectivity index (χ1n) is 27.1. The van der Waals surface area contributed by atoms with Gasteiger partial charge in [0.15, 0.2) is 5.58 Å². The summed E-state index contributed by atoms with van der Waals surface area (Å²) in [5.74, 6) is 0. The zero-order chi connectivity index (χ0) is 50.0. The van der Waals surface area contributed by atoms with Crippen LogP contribution in [0.3, 0.4) is 0 Å². The lowest BCUT2D eigenvalue weighted by Gasteiger charge is -2.49. The van der Waals surface area contributed by atoms with Gasteiger partial charge in [-0.2, -0.15) is 0 Å². The second kappa shape index (κ2) is 14.3. The summed E-state index contributed by atoms with van der Waals surface area (Å²) in [6, 6.07) is 43.4. The predicted molar refractivity (Wildman–Crippen MR) is 311 cm³/mol. The van der Waals surface area contributed by atoms with Crippen LogP contribution in [0, 0.1) is 6.92 Å². The third-order valence-electron chi connectivity index (χ3n) is 19.6. The van der Waals surface area contributed by atoms with Crippen LogP contribution in [0.25, 0.3) is 53.2 Å². The number of fused-ring (bicyclic) bond motifs is 15. The lowest BCUT2D eigenvalue weighted by molar-refractivity contribution is 0.330. The van der Waals surface area contributed by atoms with Gasteiger partial charge in [-0.1, -0.05) is 144 Å². The minimum absolute atomic E-state index is 0.0186. The van der Waals surface area contributed by atoms with Crippen molar-refractivity contribution in [3.63, 3.8) is 0 Å². The molecular formula is C67H69BN2OS. The molecule has 5 aliphatic rings. The van der Waals surface area contributed by atoms with Crippen LogP contribution in [0.1, 0.15) is 161 Å². The van der Waals surface area contributed by atoms with Crippen molar-refractivity contribution in [2.45, 2.75) is 161 Å². The monoisotopic (exact) mass is 961 g/mol. The van der Waals surface area contributed by atoms with E-state index in [9.17, 15) is 0 Å². The lowest BCUT2D eigenvalue weighted by atomic mass is 9.43. The highest BCUT2D eigenvalue weighted by Crippen LogP contribution is 2.59. The fourth-order valence-electron chi connectivity index (χ4n) is 15.0. The van der Waals surface area contributed by atoms with E-state index in [1.165, 1.54) is 140 Å². The fourth-order valence-corrected chi connectivity index (χ4v) is 16.3. The van der Waals surface area contributed by atoms with Crippen molar-refractivity contribution in [3.8, 4) is 11.1 Å². The van der Waals surface area contributed by atoms with Gasteiger partial charge in [-0.15, -0.1) is 11.3 Å². The van der Waals surface area contributed by atoms with E-state index in [1.54, 1.807) is 0 Å². The second-order valence-corrected chi connectivity index (χ2v) is 27.9. The molecule has 0 atom stereocenters. The average molecular weight is 961 g/mol. The molecule has 0 saturated carbocycles. The molecular weight excluding hydrogens is 892 g/mol. The first kappa shape index (κ1) is 44.9. The SMILES string of the molecule is Cc1c(N2c3c4c(cc5c3oc3ccccc35)-c3cc5c(cc3N(c3ccc6c(c3)C(C)(C)CCC6(C)C)B4c3ccc4c(sc6ccccc64)c32)C(C)(C)CCC5(C)C)ccc2c1C(C)(C)CCC2(C)C. The summed E-state index contributed by atoms with van der Waals surface area (Å²) in [6.45, 7) is 32.0. The van der Waals surface area contributed by atoms with Crippen LogP contribution >= 0.6 is 11.3 Å². The molecule has 0 radical (unpaired) electrons. The molecule has 2 aromatic heterocycles. The summed E-state index contributed by atoms with van der Waals surface area (Å²) in [5, 5.41) is 4.99. The zero-order valence-electron chi connectivity index (χ0n) is 44.9. The molecule has 7 aromatic carbocycles. The van der Waals surface area contributed by atoms with Crippen LogP contribution in [0.4, 0.5) is 28.4 Å². The maximum atomic E-state index is 7.43. The minimum atomic E-state index is -0.148. The molecule has 0 spiro atoms. The number of nitrogens with zero attached hydrogens (tertiary/aromatic N) is 2. The summed E-state index contributed by atoms with van der Waals surface area (Å²) in [4.78, 5) is 5.54. The lowest BCUT2D eigenvalue weighted by Crippen LogP contribution is -2.61. The number of thiophene rings is 1. The highest BCUT2D eigenvalue weighted by atomic mass is 32.1. The largest absolute Gasteiger partial charge is 0.454 e. The van der Waals surface area contributed by atoms with Crippen molar-refractivity contribution < 1.29 is 4.42 Å². The van der Waals surface area contributed by atoms with Crippen LogP contribution in [0.15, 0.2) is 114 Å². The van der Waals surface area contributed by atoms with Gasteiger partial charge in [-0.3, -0.25) is 0 Å². The van der Waals surface area contributed by atoms with Crippen LogP contribution < -0.4 is 20.6 Å². The average Bonchev–Trinajstić information content (AvgIpc) is 3.92. The van der Waals surface area contributed by atoms with E-state index in [0.717, 1.165) is 30.4 Å². The van der Waals surface area contributed by atoms with Crippen LogP contribution in [0.5, 0.6) is 0 Å². The zero-order valence-corrected chi connectivity index (χ0v) is 45.7. The highest BCUT2D eigenvalue weighted by Gasteiger charge is 2.51. The second-order valence-electron chi connectivity index (χ2n) is 26.8. The number of anilines is 5. The molecule has 362 valence electrons. The number of hydrogen-bond acceptors (Lipinski definition) is 4. The topological polar surface area (TPSA) is 19.6 Å².